The lowest BCUT2D eigenvalue weighted by atomic mass is 9.92. The molecule has 4 heteroatoms. The second-order valence-corrected chi connectivity index (χ2v) is 5.60. The number of anilines is 1. The Hall–Kier alpha value is -1.32. The number of carbonyl (C=O) groups is 1. The molecule has 1 atom stereocenters. The first-order valence-corrected chi connectivity index (χ1v) is 6.21. The molecule has 1 aromatic heterocycles. The normalized spacial score (nSPS) is 13.5. The van der Waals surface area contributed by atoms with Crippen LogP contribution in [0.3, 0.4) is 0 Å². The number of aromatic nitrogens is 2. The van der Waals surface area contributed by atoms with Crippen molar-refractivity contribution in [2.45, 2.75) is 52.9 Å². The second-order valence-electron chi connectivity index (χ2n) is 5.60. The van der Waals surface area contributed by atoms with Crippen LogP contribution in [-0.4, -0.2) is 16.1 Å². The van der Waals surface area contributed by atoms with Crippen LogP contribution in [0.5, 0.6) is 0 Å². The van der Waals surface area contributed by atoms with Gasteiger partial charge in [0, 0.05) is 23.1 Å². The van der Waals surface area contributed by atoms with Crippen LogP contribution in [-0.2, 0) is 10.2 Å². The van der Waals surface area contributed by atoms with Crippen molar-refractivity contribution in [1.82, 2.24) is 10.2 Å². The van der Waals surface area contributed by atoms with Crippen molar-refractivity contribution in [3.8, 4) is 0 Å². The number of rotatable bonds is 4. The number of carbonyl (C=O) groups excluding carboxylic acids is 1. The van der Waals surface area contributed by atoms with Gasteiger partial charge in [-0.05, 0) is 6.42 Å². The smallest absolute Gasteiger partial charge is 0.228 e. The summed E-state index contributed by atoms with van der Waals surface area (Å²) >= 11 is 0. The summed E-state index contributed by atoms with van der Waals surface area (Å²) in [5.41, 5.74) is 1.04. The minimum Gasteiger partial charge on any atom is -0.309 e. The van der Waals surface area contributed by atoms with Gasteiger partial charge in [0.1, 0.15) is 0 Å². The molecule has 96 valence electrons. The fourth-order valence-electron chi connectivity index (χ4n) is 1.58. The minimum absolute atomic E-state index is 0.0189. The number of amides is 1. The van der Waals surface area contributed by atoms with Crippen LogP contribution < -0.4 is 5.32 Å². The molecule has 1 rings (SSSR count). The predicted octanol–water partition coefficient (Wildman–Crippen LogP) is 3.08. The zero-order valence-corrected chi connectivity index (χ0v) is 11.4. The average Bonchev–Trinajstić information content (AvgIpc) is 2.66. The summed E-state index contributed by atoms with van der Waals surface area (Å²) in [6, 6.07) is 1.90. The summed E-state index contributed by atoms with van der Waals surface area (Å²) in [5, 5.41) is 9.90. The number of H-pyrrole nitrogens is 1. The maximum Gasteiger partial charge on any atom is 0.228 e. The van der Waals surface area contributed by atoms with Gasteiger partial charge in [0.25, 0.3) is 0 Å². The van der Waals surface area contributed by atoms with Gasteiger partial charge in [0.05, 0.1) is 0 Å². The summed E-state index contributed by atoms with van der Waals surface area (Å²) in [4.78, 5) is 11.8. The topological polar surface area (TPSA) is 57.8 Å². The van der Waals surface area contributed by atoms with Crippen molar-refractivity contribution in [2.75, 3.05) is 5.32 Å². The molecule has 0 aliphatic heterocycles. The second kappa shape index (κ2) is 5.34. The number of hydrogen-bond donors (Lipinski definition) is 2. The highest BCUT2D eigenvalue weighted by Gasteiger charge is 2.18. The van der Waals surface area contributed by atoms with Gasteiger partial charge < -0.3 is 5.32 Å². The van der Waals surface area contributed by atoms with E-state index in [1.54, 1.807) is 0 Å². The summed E-state index contributed by atoms with van der Waals surface area (Å²) in [5.74, 6) is 0.691. The van der Waals surface area contributed by atoms with E-state index in [1.807, 2.05) is 13.0 Å². The maximum absolute atomic E-state index is 11.8. The Balaban J connectivity index is 2.64. The Bertz CT molecular complexity index is 376. The third kappa shape index (κ3) is 3.88. The molecule has 0 aliphatic carbocycles. The van der Waals surface area contributed by atoms with E-state index in [0.717, 1.165) is 18.5 Å². The fourth-order valence-corrected chi connectivity index (χ4v) is 1.58. The zero-order chi connectivity index (χ0) is 13.1. The molecule has 0 bridgehead atoms. The Morgan fingerprint density at radius 3 is 2.65 bits per heavy atom. The first kappa shape index (κ1) is 13.7. The van der Waals surface area contributed by atoms with Crippen LogP contribution in [0.1, 0.15) is 53.2 Å². The molecular formula is C13H23N3O. The molecule has 1 amide bonds. The van der Waals surface area contributed by atoms with Gasteiger partial charge in [-0.15, -0.1) is 0 Å². The largest absolute Gasteiger partial charge is 0.309 e. The molecular weight excluding hydrogens is 214 g/mol. The van der Waals surface area contributed by atoms with Gasteiger partial charge in [0.2, 0.25) is 5.91 Å². The quantitative estimate of drug-likeness (QED) is 0.845. The van der Waals surface area contributed by atoms with Crippen LogP contribution in [0.15, 0.2) is 6.07 Å². The highest BCUT2D eigenvalue weighted by atomic mass is 16.1. The van der Waals surface area contributed by atoms with E-state index in [-0.39, 0.29) is 17.2 Å². The highest BCUT2D eigenvalue weighted by Crippen LogP contribution is 2.22. The first-order valence-electron chi connectivity index (χ1n) is 6.21. The van der Waals surface area contributed by atoms with E-state index in [9.17, 15) is 4.79 Å². The van der Waals surface area contributed by atoms with E-state index < -0.39 is 0 Å². The molecule has 1 heterocycles. The lowest BCUT2D eigenvalue weighted by Gasteiger charge is -2.14. The van der Waals surface area contributed by atoms with Crippen molar-refractivity contribution in [2.24, 2.45) is 5.92 Å². The molecule has 0 saturated carbocycles. The lowest BCUT2D eigenvalue weighted by molar-refractivity contribution is -0.119. The summed E-state index contributed by atoms with van der Waals surface area (Å²) in [7, 11) is 0. The van der Waals surface area contributed by atoms with E-state index in [1.165, 1.54) is 0 Å². The monoisotopic (exact) mass is 237 g/mol. The number of nitrogens with zero attached hydrogens (tertiary/aromatic N) is 1. The van der Waals surface area contributed by atoms with Crippen molar-refractivity contribution in [3.05, 3.63) is 11.8 Å². The molecule has 0 aromatic carbocycles. The molecule has 4 nitrogen and oxygen atoms in total. The van der Waals surface area contributed by atoms with E-state index in [4.69, 9.17) is 0 Å². The molecule has 0 radical (unpaired) electrons. The van der Waals surface area contributed by atoms with Crippen molar-refractivity contribution in [3.63, 3.8) is 0 Å². The predicted molar refractivity (Wildman–Crippen MR) is 70.0 cm³/mol. The summed E-state index contributed by atoms with van der Waals surface area (Å²) in [6.07, 6.45) is 1.92. The molecule has 0 aliphatic rings. The Morgan fingerprint density at radius 2 is 2.18 bits per heavy atom. The van der Waals surface area contributed by atoms with E-state index >= 15 is 0 Å². The Kier molecular flexibility index (Phi) is 4.32. The molecule has 0 fully saturated rings. The third-order valence-corrected chi connectivity index (χ3v) is 2.81. The lowest BCUT2D eigenvalue weighted by Crippen LogP contribution is -2.20. The summed E-state index contributed by atoms with van der Waals surface area (Å²) < 4.78 is 0. The molecule has 0 spiro atoms. The van der Waals surface area contributed by atoms with Gasteiger partial charge >= 0.3 is 0 Å². The van der Waals surface area contributed by atoms with Crippen LogP contribution in [0, 0.1) is 5.92 Å². The number of hydrogen-bond acceptors (Lipinski definition) is 2. The van der Waals surface area contributed by atoms with Crippen LogP contribution in [0.4, 0.5) is 5.82 Å². The fraction of sp³-hybridized carbons (Fsp3) is 0.692. The zero-order valence-electron chi connectivity index (χ0n) is 11.4. The van der Waals surface area contributed by atoms with Crippen LogP contribution >= 0.6 is 0 Å². The molecule has 0 saturated heterocycles. The van der Waals surface area contributed by atoms with Gasteiger partial charge in [-0.3, -0.25) is 9.89 Å². The molecule has 1 unspecified atom stereocenters. The SMILES string of the molecule is CCCC(C)C(=O)Nc1cc(C(C)(C)C)[nH]n1. The van der Waals surface area contributed by atoms with Gasteiger partial charge in [0.15, 0.2) is 5.82 Å². The van der Waals surface area contributed by atoms with Crippen molar-refractivity contribution in [1.29, 1.82) is 0 Å². The molecule has 1 aromatic rings. The standard InChI is InChI=1S/C13H23N3O/c1-6-7-9(2)12(17)14-11-8-10(15-16-11)13(3,4)5/h8-9H,6-7H2,1-5H3,(H2,14,15,16,17). The van der Waals surface area contributed by atoms with Crippen LogP contribution in [0.25, 0.3) is 0 Å². The number of nitrogens with one attached hydrogen (secondary N) is 2. The minimum atomic E-state index is 0.0189. The maximum atomic E-state index is 11.8. The summed E-state index contributed by atoms with van der Waals surface area (Å²) in [6.45, 7) is 10.3. The van der Waals surface area contributed by atoms with Crippen molar-refractivity contribution >= 4 is 11.7 Å². The van der Waals surface area contributed by atoms with Gasteiger partial charge in [-0.2, -0.15) is 5.10 Å². The van der Waals surface area contributed by atoms with E-state index in [2.05, 4.69) is 43.2 Å². The van der Waals surface area contributed by atoms with Crippen LogP contribution in [0.2, 0.25) is 0 Å². The molecule has 2 N–H and O–H groups in total. The number of aromatic amines is 1. The molecule has 17 heavy (non-hydrogen) atoms. The van der Waals surface area contributed by atoms with E-state index in [0.29, 0.717) is 5.82 Å². The Morgan fingerprint density at radius 1 is 1.53 bits per heavy atom. The highest BCUT2D eigenvalue weighted by molar-refractivity contribution is 5.91. The third-order valence-electron chi connectivity index (χ3n) is 2.81. The average molecular weight is 237 g/mol. The van der Waals surface area contributed by atoms with Gasteiger partial charge in [-0.1, -0.05) is 41.0 Å². The van der Waals surface area contributed by atoms with Crippen molar-refractivity contribution < 1.29 is 4.79 Å². The van der Waals surface area contributed by atoms with Gasteiger partial charge in [-0.25, -0.2) is 0 Å². The Labute approximate surface area is 103 Å². The first-order chi connectivity index (χ1) is 7.84.